The standard InChI is InChI=1S/C13H15N5OS.2ClH/c1-18(7-11-16-12(6-14)19-17-11)8-13-15-9-4-2-3-5-10(9)20-13;;/h2-5H,6-8,14H2,1H3;2*1H. The summed E-state index contributed by atoms with van der Waals surface area (Å²) in [5.41, 5.74) is 6.49. The van der Waals surface area contributed by atoms with Gasteiger partial charge in [-0.25, -0.2) is 4.98 Å². The summed E-state index contributed by atoms with van der Waals surface area (Å²) in [5, 5.41) is 4.97. The van der Waals surface area contributed by atoms with Gasteiger partial charge in [-0.2, -0.15) is 4.98 Å². The van der Waals surface area contributed by atoms with Crippen molar-refractivity contribution in [3.8, 4) is 0 Å². The third-order valence-corrected chi connectivity index (χ3v) is 3.86. The molecule has 0 aliphatic heterocycles. The Morgan fingerprint density at radius 1 is 1.18 bits per heavy atom. The molecule has 2 N–H and O–H groups in total. The van der Waals surface area contributed by atoms with E-state index >= 15 is 0 Å². The van der Waals surface area contributed by atoms with Crippen molar-refractivity contribution >= 4 is 46.4 Å². The number of thiazole rings is 1. The molecular formula is C13H17Cl2N5OS. The first-order valence-electron chi connectivity index (χ1n) is 6.29. The Balaban J connectivity index is 0.00000121. The Labute approximate surface area is 144 Å². The van der Waals surface area contributed by atoms with Gasteiger partial charge in [0.25, 0.3) is 0 Å². The molecule has 3 rings (SSSR count). The van der Waals surface area contributed by atoms with E-state index in [4.69, 9.17) is 10.3 Å². The first kappa shape index (κ1) is 18.8. The number of para-hydroxylation sites is 1. The zero-order chi connectivity index (χ0) is 13.9. The maximum absolute atomic E-state index is 5.44. The van der Waals surface area contributed by atoms with E-state index in [1.54, 1.807) is 11.3 Å². The van der Waals surface area contributed by atoms with Crippen LogP contribution in [0.1, 0.15) is 16.7 Å². The molecule has 9 heteroatoms. The summed E-state index contributed by atoms with van der Waals surface area (Å²) in [4.78, 5) is 10.9. The minimum atomic E-state index is 0. The highest BCUT2D eigenvalue weighted by Gasteiger charge is 2.10. The van der Waals surface area contributed by atoms with Crippen molar-refractivity contribution in [3.63, 3.8) is 0 Å². The molecule has 0 atom stereocenters. The molecule has 2 aromatic heterocycles. The third-order valence-electron chi connectivity index (χ3n) is 2.84. The zero-order valence-electron chi connectivity index (χ0n) is 11.9. The largest absolute Gasteiger partial charge is 0.338 e. The van der Waals surface area contributed by atoms with E-state index in [-0.39, 0.29) is 31.4 Å². The van der Waals surface area contributed by atoms with Gasteiger partial charge in [0.1, 0.15) is 5.01 Å². The second-order valence-corrected chi connectivity index (χ2v) is 5.67. The molecule has 1 aromatic carbocycles. The van der Waals surface area contributed by atoms with Crippen molar-refractivity contribution in [2.45, 2.75) is 19.6 Å². The van der Waals surface area contributed by atoms with Crippen molar-refractivity contribution in [3.05, 3.63) is 41.0 Å². The molecule has 0 saturated heterocycles. The fourth-order valence-electron chi connectivity index (χ4n) is 1.95. The van der Waals surface area contributed by atoms with Gasteiger partial charge in [-0.15, -0.1) is 36.2 Å². The number of nitrogens with two attached hydrogens (primary N) is 1. The van der Waals surface area contributed by atoms with Crippen LogP contribution >= 0.6 is 36.2 Å². The van der Waals surface area contributed by atoms with Gasteiger partial charge >= 0.3 is 0 Å². The van der Waals surface area contributed by atoms with E-state index < -0.39 is 0 Å². The van der Waals surface area contributed by atoms with Crippen LogP contribution in [0.2, 0.25) is 0 Å². The van der Waals surface area contributed by atoms with Crippen LogP contribution in [0, 0.1) is 0 Å². The lowest BCUT2D eigenvalue weighted by Crippen LogP contribution is -2.18. The molecular weight excluding hydrogens is 345 g/mol. The van der Waals surface area contributed by atoms with Crippen LogP contribution in [0.3, 0.4) is 0 Å². The van der Waals surface area contributed by atoms with E-state index in [1.807, 2.05) is 25.2 Å². The van der Waals surface area contributed by atoms with Crippen molar-refractivity contribution in [2.75, 3.05) is 7.05 Å². The highest BCUT2D eigenvalue weighted by Crippen LogP contribution is 2.22. The van der Waals surface area contributed by atoms with E-state index in [0.717, 1.165) is 17.1 Å². The molecule has 0 saturated carbocycles. The Kier molecular flexibility index (Phi) is 7.18. The Morgan fingerprint density at radius 3 is 2.64 bits per heavy atom. The number of aromatic nitrogens is 3. The topological polar surface area (TPSA) is 81.1 Å². The maximum Gasteiger partial charge on any atom is 0.240 e. The molecule has 0 fully saturated rings. The van der Waals surface area contributed by atoms with Crippen LogP contribution in [0.15, 0.2) is 28.8 Å². The van der Waals surface area contributed by atoms with Crippen LogP contribution in [0.25, 0.3) is 10.2 Å². The van der Waals surface area contributed by atoms with Crippen molar-refractivity contribution < 1.29 is 4.52 Å². The summed E-state index contributed by atoms with van der Waals surface area (Å²) < 4.78 is 6.20. The highest BCUT2D eigenvalue weighted by molar-refractivity contribution is 7.18. The summed E-state index contributed by atoms with van der Waals surface area (Å²) in [6.45, 7) is 1.64. The normalized spacial score (nSPS) is 10.5. The van der Waals surface area contributed by atoms with E-state index in [2.05, 4.69) is 26.1 Å². The smallest absolute Gasteiger partial charge is 0.240 e. The van der Waals surface area contributed by atoms with Gasteiger partial charge in [-0.05, 0) is 19.2 Å². The first-order chi connectivity index (χ1) is 9.74. The number of nitrogens with zero attached hydrogens (tertiary/aromatic N) is 4. The molecule has 0 spiro atoms. The summed E-state index contributed by atoms with van der Waals surface area (Å²) in [6.07, 6.45) is 0. The molecule has 0 aliphatic carbocycles. The molecule has 22 heavy (non-hydrogen) atoms. The number of hydrogen-bond donors (Lipinski definition) is 1. The van der Waals surface area contributed by atoms with Crippen molar-refractivity contribution in [1.29, 1.82) is 0 Å². The van der Waals surface area contributed by atoms with Gasteiger partial charge in [0.05, 0.1) is 29.9 Å². The predicted molar refractivity (Wildman–Crippen MR) is 91.5 cm³/mol. The molecule has 0 aliphatic rings. The van der Waals surface area contributed by atoms with E-state index in [0.29, 0.717) is 18.3 Å². The zero-order valence-corrected chi connectivity index (χ0v) is 14.4. The monoisotopic (exact) mass is 361 g/mol. The van der Waals surface area contributed by atoms with Gasteiger partial charge in [-0.1, -0.05) is 17.3 Å². The van der Waals surface area contributed by atoms with Crippen LogP contribution < -0.4 is 5.73 Å². The van der Waals surface area contributed by atoms with Crippen LogP contribution in [0.4, 0.5) is 0 Å². The lowest BCUT2D eigenvalue weighted by Gasteiger charge is -2.11. The van der Waals surface area contributed by atoms with Crippen LogP contribution in [0.5, 0.6) is 0 Å². The van der Waals surface area contributed by atoms with Crippen molar-refractivity contribution in [2.24, 2.45) is 5.73 Å². The first-order valence-corrected chi connectivity index (χ1v) is 7.11. The van der Waals surface area contributed by atoms with Crippen LogP contribution in [-0.2, 0) is 19.6 Å². The number of rotatable bonds is 5. The quantitative estimate of drug-likeness (QED) is 0.752. The second kappa shape index (κ2) is 8.40. The molecule has 0 radical (unpaired) electrons. The highest BCUT2D eigenvalue weighted by atomic mass is 35.5. The molecule has 0 unspecified atom stereocenters. The average Bonchev–Trinajstić information content (AvgIpc) is 3.04. The van der Waals surface area contributed by atoms with E-state index in [9.17, 15) is 0 Å². The van der Waals surface area contributed by atoms with Gasteiger partial charge < -0.3 is 10.3 Å². The summed E-state index contributed by atoms with van der Waals surface area (Å²) in [7, 11) is 2.00. The second-order valence-electron chi connectivity index (χ2n) is 4.56. The van der Waals surface area contributed by atoms with Crippen LogP contribution in [-0.4, -0.2) is 27.1 Å². The molecule has 3 aromatic rings. The van der Waals surface area contributed by atoms with Gasteiger partial charge in [0.15, 0.2) is 5.82 Å². The minimum Gasteiger partial charge on any atom is -0.338 e. The SMILES string of the molecule is CN(Cc1noc(CN)n1)Cc1nc2ccccc2s1.Cl.Cl. The number of benzene rings is 1. The summed E-state index contributed by atoms with van der Waals surface area (Å²) >= 11 is 1.71. The predicted octanol–water partition coefficient (Wildman–Crippen LogP) is 2.61. The number of hydrogen-bond acceptors (Lipinski definition) is 7. The van der Waals surface area contributed by atoms with Gasteiger partial charge in [0.2, 0.25) is 5.89 Å². The van der Waals surface area contributed by atoms with Crippen molar-refractivity contribution in [1.82, 2.24) is 20.0 Å². The maximum atomic E-state index is 5.44. The molecule has 0 amide bonds. The fourth-order valence-corrected chi connectivity index (χ4v) is 3.00. The summed E-state index contributed by atoms with van der Waals surface area (Å²) in [5.74, 6) is 1.11. The average molecular weight is 362 g/mol. The molecule has 120 valence electrons. The van der Waals surface area contributed by atoms with Gasteiger partial charge in [0, 0.05) is 0 Å². The third kappa shape index (κ3) is 4.37. The summed E-state index contributed by atoms with van der Waals surface area (Å²) in [6, 6.07) is 8.15. The molecule has 0 bridgehead atoms. The lowest BCUT2D eigenvalue weighted by molar-refractivity contribution is 0.299. The lowest BCUT2D eigenvalue weighted by atomic mass is 10.3. The number of halogens is 2. The van der Waals surface area contributed by atoms with Gasteiger partial charge in [-0.3, -0.25) is 4.90 Å². The van der Waals surface area contributed by atoms with E-state index in [1.165, 1.54) is 4.70 Å². The number of fused-ring (bicyclic) bond motifs is 1. The molecule has 2 heterocycles. The molecule has 6 nitrogen and oxygen atoms in total. The Bertz CT molecular complexity index is 684. The Morgan fingerprint density at radius 2 is 1.95 bits per heavy atom. The minimum absolute atomic E-state index is 0. The Hall–Kier alpha value is -1.25. The fraction of sp³-hybridized carbons (Fsp3) is 0.308.